The summed E-state index contributed by atoms with van der Waals surface area (Å²) in [5.74, 6) is -2.03. The second-order valence-corrected chi connectivity index (χ2v) is 6.11. The SMILES string of the molecule is COC(=O)c1ccc(Oc2ccc(C3(C(C)(F)F)CC3)cc2)cc1. The first-order chi connectivity index (χ1) is 11.4. The van der Waals surface area contributed by atoms with Crippen molar-refractivity contribution in [2.24, 2.45) is 0 Å². The maximum Gasteiger partial charge on any atom is 0.337 e. The van der Waals surface area contributed by atoms with E-state index in [-0.39, 0.29) is 0 Å². The van der Waals surface area contributed by atoms with Crippen LogP contribution in [0.4, 0.5) is 8.78 Å². The maximum atomic E-state index is 13.8. The predicted octanol–water partition coefficient (Wildman–Crippen LogP) is 4.95. The molecule has 0 saturated heterocycles. The molecule has 0 bridgehead atoms. The summed E-state index contributed by atoms with van der Waals surface area (Å²) >= 11 is 0. The molecule has 0 radical (unpaired) electrons. The van der Waals surface area contributed by atoms with Crippen LogP contribution in [0.25, 0.3) is 0 Å². The minimum atomic E-state index is -2.72. The number of ether oxygens (including phenoxy) is 2. The van der Waals surface area contributed by atoms with Crippen LogP contribution < -0.4 is 4.74 Å². The van der Waals surface area contributed by atoms with E-state index in [2.05, 4.69) is 4.74 Å². The standard InChI is InChI=1S/C19H18F2O3/c1-18(20,21)19(11-12-19)14-5-9-16(10-6-14)24-15-7-3-13(4-8-15)17(22)23-2/h3-10H,11-12H2,1-2H3. The zero-order valence-electron chi connectivity index (χ0n) is 13.5. The van der Waals surface area contributed by atoms with Crippen molar-refractivity contribution in [3.05, 3.63) is 59.7 Å². The number of methoxy groups -OCH3 is 1. The van der Waals surface area contributed by atoms with Gasteiger partial charge in [0.25, 0.3) is 5.92 Å². The molecule has 0 amide bonds. The van der Waals surface area contributed by atoms with Gasteiger partial charge in [-0.05, 0) is 54.8 Å². The molecule has 24 heavy (non-hydrogen) atoms. The van der Waals surface area contributed by atoms with Crippen molar-refractivity contribution in [3.8, 4) is 11.5 Å². The quantitative estimate of drug-likeness (QED) is 0.727. The van der Waals surface area contributed by atoms with E-state index in [4.69, 9.17) is 4.74 Å². The third-order valence-electron chi connectivity index (χ3n) is 4.51. The summed E-state index contributed by atoms with van der Waals surface area (Å²) in [7, 11) is 1.32. The molecule has 1 aliphatic carbocycles. The van der Waals surface area contributed by atoms with Gasteiger partial charge in [-0.3, -0.25) is 0 Å². The van der Waals surface area contributed by atoms with Gasteiger partial charge in [0.2, 0.25) is 0 Å². The minimum Gasteiger partial charge on any atom is -0.465 e. The number of alkyl halides is 2. The Morgan fingerprint density at radius 1 is 1.00 bits per heavy atom. The second kappa shape index (κ2) is 5.89. The highest BCUT2D eigenvalue weighted by Crippen LogP contribution is 2.58. The highest BCUT2D eigenvalue weighted by atomic mass is 19.3. The Morgan fingerprint density at radius 2 is 1.50 bits per heavy atom. The van der Waals surface area contributed by atoms with Crippen molar-refractivity contribution >= 4 is 5.97 Å². The van der Waals surface area contributed by atoms with E-state index in [9.17, 15) is 13.6 Å². The van der Waals surface area contributed by atoms with Gasteiger partial charge in [0.1, 0.15) is 11.5 Å². The van der Waals surface area contributed by atoms with Gasteiger partial charge in [0, 0.05) is 6.92 Å². The Kier molecular flexibility index (Phi) is 4.03. The summed E-state index contributed by atoms with van der Waals surface area (Å²) < 4.78 is 37.8. The van der Waals surface area contributed by atoms with Gasteiger partial charge < -0.3 is 9.47 Å². The van der Waals surface area contributed by atoms with Crippen molar-refractivity contribution in [1.82, 2.24) is 0 Å². The van der Waals surface area contributed by atoms with E-state index in [1.807, 2.05) is 0 Å². The van der Waals surface area contributed by atoms with Crippen LogP contribution in [-0.2, 0) is 10.2 Å². The summed E-state index contributed by atoms with van der Waals surface area (Å²) in [6.45, 7) is 0.979. The van der Waals surface area contributed by atoms with E-state index in [1.165, 1.54) is 7.11 Å². The zero-order chi connectivity index (χ0) is 17.4. The number of esters is 1. The molecule has 2 aromatic rings. The van der Waals surface area contributed by atoms with Gasteiger partial charge in [-0.1, -0.05) is 12.1 Å². The number of hydrogen-bond acceptors (Lipinski definition) is 3. The first kappa shape index (κ1) is 16.4. The fourth-order valence-electron chi connectivity index (χ4n) is 2.86. The molecule has 0 aromatic heterocycles. The van der Waals surface area contributed by atoms with Crippen LogP contribution >= 0.6 is 0 Å². The fraction of sp³-hybridized carbons (Fsp3) is 0.316. The average Bonchev–Trinajstić information content (AvgIpc) is 3.37. The lowest BCUT2D eigenvalue weighted by Crippen LogP contribution is -2.29. The largest absolute Gasteiger partial charge is 0.465 e. The first-order valence-corrected chi connectivity index (χ1v) is 7.70. The van der Waals surface area contributed by atoms with Crippen molar-refractivity contribution < 1.29 is 23.0 Å². The lowest BCUT2D eigenvalue weighted by molar-refractivity contribution is -0.0200. The van der Waals surface area contributed by atoms with E-state index in [1.54, 1.807) is 48.5 Å². The lowest BCUT2D eigenvalue weighted by Gasteiger charge is -2.23. The predicted molar refractivity (Wildman–Crippen MR) is 85.8 cm³/mol. The normalized spacial score (nSPS) is 15.7. The summed E-state index contributed by atoms with van der Waals surface area (Å²) in [6.07, 6.45) is 1.01. The molecular weight excluding hydrogens is 314 g/mol. The maximum absolute atomic E-state index is 13.8. The Bertz CT molecular complexity index is 727. The molecule has 0 heterocycles. The van der Waals surface area contributed by atoms with Gasteiger partial charge in [-0.25, -0.2) is 13.6 Å². The van der Waals surface area contributed by atoms with E-state index in [0.29, 0.717) is 35.5 Å². The van der Waals surface area contributed by atoms with Crippen LogP contribution in [0, 0.1) is 0 Å². The molecule has 0 atom stereocenters. The molecule has 0 aliphatic heterocycles. The third-order valence-corrected chi connectivity index (χ3v) is 4.51. The second-order valence-electron chi connectivity index (χ2n) is 6.11. The lowest BCUT2D eigenvalue weighted by atomic mass is 9.90. The number of hydrogen-bond donors (Lipinski definition) is 0. The number of rotatable bonds is 5. The molecule has 1 fully saturated rings. The molecule has 2 aromatic carbocycles. The van der Waals surface area contributed by atoms with Crippen LogP contribution in [-0.4, -0.2) is 19.0 Å². The molecule has 3 nitrogen and oxygen atoms in total. The molecule has 1 saturated carbocycles. The van der Waals surface area contributed by atoms with Crippen molar-refractivity contribution in [2.75, 3.05) is 7.11 Å². The molecule has 1 aliphatic rings. The van der Waals surface area contributed by atoms with Crippen LogP contribution in [0.15, 0.2) is 48.5 Å². The van der Waals surface area contributed by atoms with E-state index >= 15 is 0 Å². The minimum absolute atomic E-state index is 0.416. The number of carbonyl (C=O) groups is 1. The third kappa shape index (κ3) is 2.98. The molecule has 126 valence electrons. The Morgan fingerprint density at radius 3 is 1.92 bits per heavy atom. The number of halogens is 2. The monoisotopic (exact) mass is 332 g/mol. The average molecular weight is 332 g/mol. The van der Waals surface area contributed by atoms with Crippen molar-refractivity contribution in [3.63, 3.8) is 0 Å². The van der Waals surface area contributed by atoms with Crippen LogP contribution in [0.3, 0.4) is 0 Å². The van der Waals surface area contributed by atoms with E-state index < -0.39 is 17.3 Å². The highest BCUT2D eigenvalue weighted by molar-refractivity contribution is 5.89. The highest BCUT2D eigenvalue weighted by Gasteiger charge is 2.59. The molecule has 5 heteroatoms. The molecular formula is C19H18F2O3. The zero-order valence-corrected chi connectivity index (χ0v) is 13.5. The number of benzene rings is 2. The Balaban J connectivity index is 1.72. The van der Waals surface area contributed by atoms with Gasteiger partial charge in [0.05, 0.1) is 18.1 Å². The van der Waals surface area contributed by atoms with Gasteiger partial charge >= 0.3 is 5.97 Å². The van der Waals surface area contributed by atoms with Crippen LogP contribution in [0.5, 0.6) is 11.5 Å². The molecule has 0 N–H and O–H groups in total. The summed E-state index contributed by atoms with van der Waals surface area (Å²) in [5, 5.41) is 0. The topological polar surface area (TPSA) is 35.5 Å². The van der Waals surface area contributed by atoms with E-state index in [0.717, 1.165) is 6.92 Å². The Labute approximate surface area is 139 Å². The van der Waals surface area contributed by atoms with Crippen LogP contribution in [0.2, 0.25) is 0 Å². The number of carbonyl (C=O) groups excluding carboxylic acids is 1. The van der Waals surface area contributed by atoms with Crippen LogP contribution in [0.1, 0.15) is 35.7 Å². The molecule has 0 spiro atoms. The molecule has 3 rings (SSSR count). The smallest absolute Gasteiger partial charge is 0.337 e. The van der Waals surface area contributed by atoms with Gasteiger partial charge in [0.15, 0.2) is 0 Å². The first-order valence-electron chi connectivity index (χ1n) is 7.70. The van der Waals surface area contributed by atoms with Crippen molar-refractivity contribution in [2.45, 2.75) is 31.1 Å². The van der Waals surface area contributed by atoms with Crippen molar-refractivity contribution in [1.29, 1.82) is 0 Å². The summed E-state index contributed by atoms with van der Waals surface area (Å²) in [4.78, 5) is 11.4. The fourth-order valence-corrected chi connectivity index (χ4v) is 2.86. The van der Waals surface area contributed by atoms with Gasteiger partial charge in [-0.15, -0.1) is 0 Å². The summed E-state index contributed by atoms with van der Waals surface area (Å²) in [5.41, 5.74) is 0.0534. The summed E-state index contributed by atoms with van der Waals surface area (Å²) in [6, 6.07) is 13.3. The Hall–Kier alpha value is -2.43. The molecule has 0 unspecified atom stereocenters. The van der Waals surface area contributed by atoms with Gasteiger partial charge in [-0.2, -0.15) is 0 Å².